The van der Waals surface area contributed by atoms with Crippen molar-refractivity contribution in [1.29, 1.82) is 0 Å². The van der Waals surface area contributed by atoms with Gasteiger partial charge in [-0.2, -0.15) is 4.31 Å². The molecule has 0 bridgehead atoms. The van der Waals surface area contributed by atoms with E-state index in [2.05, 4.69) is 12.2 Å². The zero-order valence-electron chi connectivity index (χ0n) is 18.0. The summed E-state index contributed by atoms with van der Waals surface area (Å²) < 4.78 is 27.3. The molecule has 2 aromatic carbocycles. The van der Waals surface area contributed by atoms with Crippen LogP contribution in [0.5, 0.6) is 0 Å². The molecular weight excluding hydrogens is 414 g/mol. The van der Waals surface area contributed by atoms with Gasteiger partial charge in [-0.15, -0.1) is 0 Å². The molecule has 0 radical (unpaired) electrons. The second kappa shape index (κ2) is 10.2. The lowest BCUT2D eigenvalue weighted by Gasteiger charge is -2.33. The summed E-state index contributed by atoms with van der Waals surface area (Å²) in [4.78, 5) is 26.4. The first-order valence-electron chi connectivity index (χ1n) is 10.5. The van der Waals surface area contributed by atoms with E-state index < -0.39 is 10.0 Å². The number of nitrogens with one attached hydrogen (secondary N) is 1. The number of piperazine rings is 1. The van der Waals surface area contributed by atoms with Crippen LogP contribution in [0.2, 0.25) is 0 Å². The summed E-state index contributed by atoms with van der Waals surface area (Å²) >= 11 is 0. The Balaban J connectivity index is 1.55. The molecule has 1 heterocycles. The maximum atomic E-state index is 12.9. The van der Waals surface area contributed by atoms with Gasteiger partial charge in [0.1, 0.15) is 0 Å². The maximum Gasteiger partial charge on any atom is 0.243 e. The van der Waals surface area contributed by atoms with Gasteiger partial charge >= 0.3 is 0 Å². The molecule has 0 atom stereocenters. The van der Waals surface area contributed by atoms with Crippen LogP contribution in [0.25, 0.3) is 0 Å². The highest BCUT2D eigenvalue weighted by Crippen LogP contribution is 2.19. The smallest absolute Gasteiger partial charge is 0.243 e. The average molecular weight is 444 g/mol. The lowest BCUT2D eigenvalue weighted by atomic mass is 10.1. The lowest BCUT2D eigenvalue weighted by Crippen LogP contribution is -2.50. The molecule has 31 heavy (non-hydrogen) atoms. The van der Waals surface area contributed by atoms with Crippen molar-refractivity contribution in [2.75, 3.05) is 38.0 Å². The van der Waals surface area contributed by atoms with Crippen molar-refractivity contribution in [1.82, 2.24) is 9.21 Å². The highest BCUT2D eigenvalue weighted by molar-refractivity contribution is 7.89. The summed E-state index contributed by atoms with van der Waals surface area (Å²) in [6, 6.07) is 14.0. The predicted octanol–water partition coefficient (Wildman–Crippen LogP) is 2.79. The minimum absolute atomic E-state index is 0.113. The van der Waals surface area contributed by atoms with Crippen molar-refractivity contribution in [3.63, 3.8) is 0 Å². The zero-order valence-corrected chi connectivity index (χ0v) is 18.8. The SMILES string of the molecule is CCCc1ccc(S(=O)(=O)N2CCN(CC(=O)Nc3ccccc3C(C)=O)CC2)cc1. The Bertz CT molecular complexity index is 1030. The van der Waals surface area contributed by atoms with Crippen LogP contribution < -0.4 is 5.32 Å². The van der Waals surface area contributed by atoms with E-state index in [1.165, 1.54) is 11.2 Å². The molecular formula is C23H29N3O4S. The summed E-state index contributed by atoms with van der Waals surface area (Å²) in [5.41, 5.74) is 2.09. The van der Waals surface area contributed by atoms with Gasteiger partial charge in [0.25, 0.3) is 0 Å². The van der Waals surface area contributed by atoms with Crippen molar-refractivity contribution in [2.45, 2.75) is 31.6 Å². The first kappa shape index (κ1) is 23.1. The molecule has 0 aromatic heterocycles. The van der Waals surface area contributed by atoms with E-state index in [1.54, 1.807) is 36.4 Å². The zero-order chi connectivity index (χ0) is 22.4. The number of carbonyl (C=O) groups excluding carboxylic acids is 2. The Kier molecular flexibility index (Phi) is 7.59. The number of benzene rings is 2. The van der Waals surface area contributed by atoms with Crippen LogP contribution in [0, 0.1) is 0 Å². The average Bonchev–Trinajstić information content (AvgIpc) is 2.75. The van der Waals surface area contributed by atoms with E-state index in [9.17, 15) is 18.0 Å². The number of sulfonamides is 1. The molecule has 0 spiro atoms. The molecule has 0 saturated carbocycles. The largest absolute Gasteiger partial charge is 0.324 e. The number of aryl methyl sites for hydroxylation is 1. The fourth-order valence-electron chi connectivity index (χ4n) is 3.69. The van der Waals surface area contributed by atoms with Gasteiger partial charge < -0.3 is 5.32 Å². The van der Waals surface area contributed by atoms with Gasteiger partial charge in [-0.3, -0.25) is 14.5 Å². The fraction of sp³-hybridized carbons (Fsp3) is 0.391. The number of ketones is 1. The normalized spacial score (nSPS) is 15.5. The monoisotopic (exact) mass is 443 g/mol. The molecule has 1 N–H and O–H groups in total. The Morgan fingerprint density at radius 2 is 1.61 bits per heavy atom. The van der Waals surface area contributed by atoms with E-state index in [1.807, 2.05) is 17.0 Å². The van der Waals surface area contributed by atoms with E-state index in [-0.39, 0.29) is 18.2 Å². The number of amides is 1. The number of carbonyl (C=O) groups is 2. The summed E-state index contributed by atoms with van der Waals surface area (Å²) in [6.45, 7) is 5.29. The van der Waals surface area contributed by atoms with Crippen molar-refractivity contribution in [2.24, 2.45) is 0 Å². The van der Waals surface area contributed by atoms with Gasteiger partial charge in [-0.25, -0.2) is 8.42 Å². The van der Waals surface area contributed by atoms with Crippen LogP contribution in [0.4, 0.5) is 5.69 Å². The standard InChI is InChI=1S/C23H29N3O4S/c1-3-6-19-9-11-20(12-10-19)31(29,30)26-15-13-25(14-16-26)17-23(28)24-22-8-5-4-7-21(22)18(2)27/h4-5,7-12H,3,6,13-17H2,1-2H3,(H,24,28). The first-order valence-corrected chi connectivity index (χ1v) is 12.0. The van der Waals surface area contributed by atoms with Gasteiger partial charge in [0, 0.05) is 31.7 Å². The third-order valence-electron chi connectivity index (χ3n) is 5.38. The number of rotatable bonds is 8. The highest BCUT2D eigenvalue weighted by Gasteiger charge is 2.29. The van der Waals surface area contributed by atoms with Crippen LogP contribution in [-0.4, -0.2) is 62.0 Å². The van der Waals surface area contributed by atoms with Gasteiger partial charge in [-0.1, -0.05) is 37.6 Å². The summed E-state index contributed by atoms with van der Waals surface area (Å²) in [5.74, 6) is -0.339. The molecule has 1 amide bonds. The summed E-state index contributed by atoms with van der Waals surface area (Å²) in [7, 11) is -3.54. The lowest BCUT2D eigenvalue weighted by molar-refractivity contribution is -0.117. The fourth-order valence-corrected chi connectivity index (χ4v) is 5.11. The Hall–Kier alpha value is -2.55. The second-order valence-corrected chi connectivity index (χ2v) is 9.66. The van der Waals surface area contributed by atoms with Gasteiger partial charge in [0.05, 0.1) is 17.1 Å². The Morgan fingerprint density at radius 3 is 2.23 bits per heavy atom. The molecule has 0 unspecified atom stereocenters. The number of Topliss-reactive ketones (excluding diaryl/α,β-unsaturated/α-hetero) is 1. The Labute approximate surface area is 184 Å². The van der Waals surface area contributed by atoms with Crippen LogP contribution in [0.1, 0.15) is 36.2 Å². The molecule has 1 aliphatic heterocycles. The summed E-state index contributed by atoms with van der Waals surface area (Å²) in [6.07, 6.45) is 1.94. The van der Waals surface area contributed by atoms with Crippen LogP contribution >= 0.6 is 0 Å². The third-order valence-corrected chi connectivity index (χ3v) is 7.29. The molecule has 8 heteroatoms. The molecule has 1 saturated heterocycles. The molecule has 7 nitrogen and oxygen atoms in total. The third kappa shape index (κ3) is 5.78. The predicted molar refractivity (Wildman–Crippen MR) is 121 cm³/mol. The number of anilines is 1. The van der Waals surface area contributed by atoms with Gasteiger partial charge in [0.15, 0.2) is 5.78 Å². The van der Waals surface area contributed by atoms with Crippen molar-refractivity contribution in [3.05, 3.63) is 59.7 Å². The topological polar surface area (TPSA) is 86.8 Å². The first-order chi connectivity index (χ1) is 14.8. The highest BCUT2D eigenvalue weighted by atomic mass is 32.2. The van der Waals surface area contributed by atoms with Crippen LogP contribution in [-0.2, 0) is 21.2 Å². The summed E-state index contributed by atoms with van der Waals surface area (Å²) in [5, 5.41) is 2.79. The maximum absolute atomic E-state index is 12.9. The molecule has 2 aromatic rings. The minimum atomic E-state index is -3.54. The number of nitrogens with zero attached hydrogens (tertiary/aromatic N) is 2. The van der Waals surface area contributed by atoms with Gasteiger partial charge in [-0.05, 0) is 43.2 Å². The van der Waals surface area contributed by atoms with E-state index in [4.69, 9.17) is 0 Å². The van der Waals surface area contributed by atoms with E-state index in [0.29, 0.717) is 42.3 Å². The van der Waals surface area contributed by atoms with Crippen LogP contribution in [0.3, 0.4) is 0 Å². The molecule has 166 valence electrons. The van der Waals surface area contributed by atoms with Crippen molar-refractivity contribution in [3.8, 4) is 0 Å². The van der Waals surface area contributed by atoms with Crippen LogP contribution in [0.15, 0.2) is 53.4 Å². The quantitative estimate of drug-likeness (QED) is 0.634. The van der Waals surface area contributed by atoms with Crippen molar-refractivity contribution < 1.29 is 18.0 Å². The van der Waals surface area contributed by atoms with Crippen molar-refractivity contribution >= 4 is 27.4 Å². The number of hydrogen-bond donors (Lipinski definition) is 1. The second-order valence-electron chi connectivity index (χ2n) is 7.72. The minimum Gasteiger partial charge on any atom is -0.324 e. The number of hydrogen-bond acceptors (Lipinski definition) is 5. The molecule has 3 rings (SSSR count). The number of para-hydroxylation sites is 1. The molecule has 0 aliphatic carbocycles. The van der Waals surface area contributed by atoms with E-state index >= 15 is 0 Å². The Morgan fingerprint density at radius 1 is 0.968 bits per heavy atom. The van der Waals surface area contributed by atoms with Gasteiger partial charge in [0.2, 0.25) is 15.9 Å². The van der Waals surface area contributed by atoms with E-state index in [0.717, 1.165) is 18.4 Å². The molecule has 1 fully saturated rings. The molecule has 1 aliphatic rings.